The lowest BCUT2D eigenvalue weighted by Crippen LogP contribution is -2.47. The topological polar surface area (TPSA) is 49.4 Å². The SMILES string of the molecule is C[C@@H]1CCC[C@@H](C)N1C(=O)c1ccccc1NC(=O)c1cccc(Br)c1. The Kier molecular flexibility index (Phi) is 5.77. The van der Waals surface area contributed by atoms with Gasteiger partial charge in [-0.3, -0.25) is 9.59 Å². The molecule has 2 aromatic carbocycles. The number of halogens is 1. The number of carbonyl (C=O) groups excluding carboxylic acids is 2. The third kappa shape index (κ3) is 3.98. The number of anilines is 1. The summed E-state index contributed by atoms with van der Waals surface area (Å²) in [7, 11) is 0. The fourth-order valence-corrected chi connectivity index (χ4v) is 3.96. The van der Waals surface area contributed by atoms with E-state index in [1.807, 2.05) is 29.2 Å². The molecule has 1 N–H and O–H groups in total. The van der Waals surface area contributed by atoms with E-state index in [2.05, 4.69) is 35.1 Å². The van der Waals surface area contributed by atoms with Crippen LogP contribution in [0.3, 0.4) is 0 Å². The molecule has 0 aliphatic carbocycles. The summed E-state index contributed by atoms with van der Waals surface area (Å²) in [5, 5.41) is 2.90. The van der Waals surface area contributed by atoms with Gasteiger partial charge in [0.1, 0.15) is 0 Å². The Bertz CT molecular complexity index is 811. The molecule has 1 aliphatic rings. The highest BCUT2D eigenvalue weighted by atomic mass is 79.9. The minimum atomic E-state index is -0.230. The van der Waals surface area contributed by atoms with E-state index in [9.17, 15) is 9.59 Å². The van der Waals surface area contributed by atoms with E-state index < -0.39 is 0 Å². The van der Waals surface area contributed by atoms with E-state index in [1.54, 1.807) is 24.3 Å². The molecule has 0 saturated carbocycles. The van der Waals surface area contributed by atoms with Crippen LogP contribution in [0.25, 0.3) is 0 Å². The van der Waals surface area contributed by atoms with Crippen molar-refractivity contribution in [3.63, 3.8) is 0 Å². The number of hydrogen-bond donors (Lipinski definition) is 1. The van der Waals surface area contributed by atoms with Crippen molar-refractivity contribution in [1.82, 2.24) is 4.90 Å². The molecule has 3 rings (SSSR count). The van der Waals surface area contributed by atoms with Crippen LogP contribution in [0.15, 0.2) is 53.0 Å². The summed E-state index contributed by atoms with van der Waals surface area (Å²) in [6, 6.07) is 14.8. The number of likely N-dealkylation sites (tertiary alicyclic amines) is 1. The quantitative estimate of drug-likeness (QED) is 0.758. The molecule has 26 heavy (non-hydrogen) atoms. The van der Waals surface area contributed by atoms with Crippen molar-refractivity contribution in [2.75, 3.05) is 5.32 Å². The van der Waals surface area contributed by atoms with Gasteiger partial charge in [-0.25, -0.2) is 0 Å². The second-order valence-electron chi connectivity index (χ2n) is 6.85. The van der Waals surface area contributed by atoms with Crippen LogP contribution in [0, 0.1) is 0 Å². The van der Waals surface area contributed by atoms with Gasteiger partial charge in [-0.2, -0.15) is 0 Å². The summed E-state index contributed by atoms with van der Waals surface area (Å²) in [4.78, 5) is 27.7. The highest BCUT2D eigenvalue weighted by molar-refractivity contribution is 9.10. The Morgan fingerprint density at radius 3 is 2.42 bits per heavy atom. The molecule has 0 unspecified atom stereocenters. The van der Waals surface area contributed by atoms with E-state index >= 15 is 0 Å². The molecule has 1 aliphatic heterocycles. The van der Waals surface area contributed by atoms with Crippen molar-refractivity contribution in [3.05, 3.63) is 64.1 Å². The van der Waals surface area contributed by atoms with Crippen LogP contribution in [-0.2, 0) is 0 Å². The first-order valence-electron chi connectivity index (χ1n) is 8.96. The van der Waals surface area contributed by atoms with Gasteiger partial charge >= 0.3 is 0 Å². The normalized spacial score (nSPS) is 19.9. The molecule has 2 atom stereocenters. The van der Waals surface area contributed by atoms with Gasteiger partial charge in [0.25, 0.3) is 11.8 Å². The minimum absolute atomic E-state index is 0.0187. The van der Waals surface area contributed by atoms with Crippen molar-refractivity contribution in [2.45, 2.75) is 45.2 Å². The number of benzene rings is 2. The van der Waals surface area contributed by atoms with Gasteiger partial charge in [-0.1, -0.05) is 34.1 Å². The number of piperidine rings is 1. The van der Waals surface area contributed by atoms with E-state index in [0.29, 0.717) is 16.8 Å². The zero-order chi connectivity index (χ0) is 18.7. The zero-order valence-electron chi connectivity index (χ0n) is 15.0. The average molecular weight is 415 g/mol. The molecule has 136 valence electrons. The van der Waals surface area contributed by atoms with Gasteiger partial charge < -0.3 is 10.2 Å². The molecule has 2 aromatic rings. The monoisotopic (exact) mass is 414 g/mol. The molecule has 1 saturated heterocycles. The van der Waals surface area contributed by atoms with Gasteiger partial charge in [0.15, 0.2) is 0 Å². The van der Waals surface area contributed by atoms with Crippen LogP contribution >= 0.6 is 15.9 Å². The van der Waals surface area contributed by atoms with E-state index in [4.69, 9.17) is 0 Å². The summed E-state index contributed by atoms with van der Waals surface area (Å²) in [5.74, 6) is -0.249. The highest BCUT2D eigenvalue weighted by Gasteiger charge is 2.30. The first kappa shape index (κ1) is 18.6. The molecule has 0 bridgehead atoms. The number of nitrogens with one attached hydrogen (secondary N) is 1. The van der Waals surface area contributed by atoms with Crippen LogP contribution in [0.4, 0.5) is 5.69 Å². The average Bonchev–Trinajstić information content (AvgIpc) is 2.62. The Morgan fingerprint density at radius 1 is 1.04 bits per heavy atom. The first-order valence-corrected chi connectivity index (χ1v) is 9.75. The molecule has 2 amide bonds. The summed E-state index contributed by atoms with van der Waals surface area (Å²) >= 11 is 3.38. The maximum Gasteiger partial charge on any atom is 0.256 e. The molecular weight excluding hydrogens is 392 g/mol. The van der Waals surface area contributed by atoms with Crippen molar-refractivity contribution in [1.29, 1.82) is 0 Å². The molecule has 1 fully saturated rings. The standard InChI is InChI=1S/C21H23BrN2O2/c1-14-7-5-8-15(2)24(14)21(26)18-11-3-4-12-19(18)23-20(25)16-9-6-10-17(22)13-16/h3-4,6,9-15H,5,7-8H2,1-2H3,(H,23,25)/t14-,15-/m1/s1. The predicted octanol–water partition coefficient (Wildman–Crippen LogP) is 5.10. The van der Waals surface area contributed by atoms with Gasteiger partial charge in [0.05, 0.1) is 11.3 Å². The second-order valence-corrected chi connectivity index (χ2v) is 7.77. The van der Waals surface area contributed by atoms with Gasteiger partial charge in [-0.15, -0.1) is 0 Å². The summed E-state index contributed by atoms with van der Waals surface area (Å²) in [6.45, 7) is 4.19. The maximum absolute atomic E-state index is 13.2. The number of amides is 2. The fraction of sp³-hybridized carbons (Fsp3) is 0.333. The molecular formula is C21H23BrN2O2. The van der Waals surface area contributed by atoms with Crippen molar-refractivity contribution < 1.29 is 9.59 Å². The Labute approximate surface area is 162 Å². The molecule has 0 aromatic heterocycles. The lowest BCUT2D eigenvalue weighted by molar-refractivity contribution is 0.0512. The minimum Gasteiger partial charge on any atom is -0.333 e. The summed E-state index contributed by atoms with van der Waals surface area (Å²) in [6.07, 6.45) is 3.18. The van der Waals surface area contributed by atoms with Gasteiger partial charge in [0.2, 0.25) is 0 Å². The first-order chi connectivity index (χ1) is 12.5. The molecule has 0 spiro atoms. The van der Waals surface area contributed by atoms with Crippen LogP contribution in [0.1, 0.15) is 53.8 Å². The number of hydrogen-bond acceptors (Lipinski definition) is 2. The Morgan fingerprint density at radius 2 is 1.73 bits per heavy atom. The summed E-state index contributed by atoms with van der Waals surface area (Å²) < 4.78 is 0.838. The lowest BCUT2D eigenvalue weighted by atomic mass is 9.96. The van der Waals surface area contributed by atoms with Crippen LogP contribution in [0.2, 0.25) is 0 Å². The molecule has 5 heteroatoms. The van der Waals surface area contributed by atoms with E-state index in [-0.39, 0.29) is 23.9 Å². The van der Waals surface area contributed by atoms with Gasteiger partial charge in [-0.05, 0) is 63.4 Å². The number of para-hydroxylation sites is 1. The third-order valence-corrected chi connectivity index (χ3v) is 5.41. The number of nitrogens with zero attached hydrogens (tertiary/aromatic N) is 1. The van der Waals surface area contributed by atoms with E-state index in [1.165, 1.54) is 0 Å². The third-order valence-electron chi connectivity index (χ3n) is 4.92. The second kappa shape index (κ2) is 8.04. The Balaban J connectivity index is 1.86. The van der Waals surface area contributed by atoms with Crippen molar-refractivity contribution in [3.8, 4) is 0 Å². The van der Waals surface area contributed by atoms with Gasteiger partial charge in [0, 0.05) is 22.1 Å². The number of carbonyl (C=O) groups is 2. The smallest absolute Gasteiger partial charge is 0.256 e. The molecule has 1 heterocycles. The zero-order valence-corrected chi connectivity index (χ0v) is 16.6. The van der Waals surface area contributed by atoms with Crippen LogP contribution in [-0.4, -0.2) is 28.8 Å². The highest BCUT2D eigenvalue weighted by Crippen LogP contribution is 2.27. The predicted molar refractivity (Wildman–Crippen MR) is 107 cm³/mol. The Hall–Kier alpha value is -2.14. The van der Waals surface area contributed by atoms with E-state index in [0.717, 1.165) is 23.7 Å². The number of rotatable bonds is 3. The van der Waals surface area contributed by atoms with Crippen LogP contribution < -0.4 is 5.32 Å². The van der Waals surface area contributed by atoms with Crippen molar-refractivity contribution >= 4 is 33.4 Å². The maximum atomic E-state index is 13.2. The molecule has 0 radical (unpaired) electrons. The largest absolute Gasteiger partial charge is 0.333 e. The fourth-order valence-electron chi connectivity index (χ4n) is 3.56. The summed E-state index contributed by atoms with van der Waals surface area (Å²) in [5.41, 5.74) is 1.63. The van der Waals surface area contributed by atoms with Crippen LogP contribution in [0.5, 0.6) is 0 Å². The van der Waals surface area contributed by atoms with Crippen molar-refractivity contribution in [2.24, 2.45) is 0 Å². The lowest BCUT2D eigenvalue weighted by Gasteiger charge is -2.39. The molecule has 4 nitrogen and oxygen atoms in total.